The quantitative estimate of drug-likeness (QED) is 0.439. The third-order valence-corrected chi connectivity index (χ3v) is 1.61. The van der Waals surface area contributed by atoms with Crippen LogP contribution in [0.15, 0.2) is 12.2 Å². The van der Waals surface area contributed by atoms with Crippen molar-refractivity contribution in [2.45, 2.75) is 26.2 Å². The van der Waals surface area contributed by atoms with Crippen molar-refractivity contribution in [1.82, 2.24) is 0 Å². The molecule has 1 rings (SSSR count). The van der Waals surface area contributed by atoms with Crippen molar-refractivity contribution in [2.75, 3.05) is 0 Å². The molecule has 0 amide bonds. The van der Waals surface area contributed by atoms with E-state index in [1.54, 1.807) is 0 Å². The molecule has 0 nitrogen and oxygen atoms in total. The van der Waals surface area contributed by atoms with Crippen LogP contribution in [0.1, 0.15) is 26.2 Å². The third kappa shape index (κ3) is 1.05. The van der Waals surface area contributed by atoms with Gasteiger partial charge in [-0.1, -0.05) is 18.6 Å². The summed E-state index contributed by atoms with van der Waals surface area (Å²) in [6, 6.07) is 0. The maximum Gasteiger partial charge on any atom is -0.0234 e. The lowest BCUT2D eigenvalue weighted by atomic mass is 9.85. The molecule has 7 heavy (non-hydrogen) atoms. The average molecular weight is 96.2 g/mol. The molecule has 1 aliphatic carbocycles. The van der Waals surface area contributed by atoms with E-state index in [0.29, 0.717) is 0 Å². The maximum atomic E-state index is 2.31. The first-order valence-corrected chi connectivity index (χ1v) is 3.06. The molecule has 1 fully saturated rings. The fraction of sp³-hybridized carbons (Fsp3) is 0.714. The van der Waals surface area contributed by atoms with Crippen LogP contribution in [-0.2, 0) is 0 Å². The van der Waals surface area contributed by atoms with E-state index >= 15 is 0 Å². The van der Waals surface area contributed by atoms with Crippen LogP contribution in [0, 0.1) is 5.92 Å². The first-order valence-electron chi connectivity index (χ1n) is 3.06. The van der Waals surface area contributed by atoms with Crippen LogP contribution in [0.2, 0.25) is 0 Å². The molecule has 40 valence electrons. The fourth-order valence-electron chi connectivity index (χ4n) is 0.904. The Balaban J connectivity index is 2.14. The highest BCUT2D eigenvalue weighted by molar-refractivity contribution is 4.89. The summed E-state index contributed by atoms with van der Waals surface area (Å²) >= 11 is 0. The van der Waals surface area contributed by atoms with E-state index in [0.717, 1.165) is 5.92 Å². The lowest BCUT2D eigenvalue weighted by Gasteiger charge is -2.20. The molecule has 1 aliphatic rings. The topological polar surface area (TPSA) is 0 Å². The van der Waals surface area contributed by atoms with Crippen LogP contribution >= 0.6 is 0 Å². The predicted molar refractivity (Wildman–Crippen MR) is 32.2 cm³/mol. The largest absolute Gasteiger partial charge is 0.0914 e. The average Bonchev–Trinajstić information content (AvgIpc) is 1.55. The molecule has 0 aromatic rings. The fourth-order valence-corrected chi connectivity index (χ4v) is 0.904. The van der Waals surface area contributed by atoms with E-state index in [9.17, 15) is 0 Å². The molecular weight excluding hydrogens is 84.1 g/mol. The highest BCUT2D eigenvalue weighted by atomic mass is 14.2. The summed E-state index contributed by atoms with van der Waals surface area (Å²) in [5.41, 5.74) is 0. The van der Waals surface area contributed by atoms with Gasteiger partial charge in [-0.15, -0.1) is 0 Å². The summed E-state index contributed by atoms with van der Waals surface area (Å²) in [6.45, 7) is 2.10. The Morgan fingerprint density at radius 2 is 2.14 bits per heavy atom. The minimum atomic E-state index is 0.949. The van der Waals surface area contributed by atoms with E-state index in [4.69, 9.17) is 0 Å². The minimum Gasteiger partial charge on any atom is -0.0914 e. The van der Waals surface area contributed by atoms with Crippen LogP contribution in [0.3, 0.4) is 0 Å². The first kappa shape index (κ1) is 4.89. The van der Waals surface area contributed by atoms with Gasteiger partial charge < -0.3 is 0 Å². The molecular formula is C7H12. The van der Waals surface area contributed by atoms with E-state index in [-0.39, 0.29) is 0 Å². The van der Waals surface area contributed by atoms with Gasteiger partial charge in [0.05, 0.1) is 0 Å². The van der Waals surface area contributed by atoms with Gasteiger partial charge in [0.15, 0.2) is 0 Å². The van der Waals surface area contributed by atoms with Crippen molar-refractivity contribution in [2.24, 2.45) is 5.92 Å². The summed E-state index contributed by atoms with van der Waals surface area (Å²) in [5, 5.41) is 0. The van der Waals surface area contributed by atoms with Crippen LogP contribution in [0.5, 0.6) is 0 Å². The first-order chi connectivity index (χ1) is 3.43. The molecule has 0 aromatic heterocycles. The van der Waals surface area contributed by atoms with E-state index in [2.05, 4.69) is 19.1 Å². The van der Waals surface area contributed by atoms with Gasteiger partial charge in [-0.25, -0.2) is 0 Å². The van der Waals surface area contributed by atoms with Crippen molar-refractivity contribution < 1.29 is 0 Å². The zero-order valence-corrected chi connectivity index (χ0v) is 4.85. The molecule has 0 bridgehead atoms. The van der Waals surface area contributed by atoms with Gasteiger partial charge in [-0.3, -0.25) is 0 Å². The monoisotopic (exact) mass is 96.1 g/mol. The van der Waals surface area contributed by atoms with Crippen molar-refractivity contribution in [3.8, 4) is 0 Å². The Hall–Kier alpha value is -0.260. The number of hydrogen-bond acceptors (Lipinski definition) is 0. The third-order valence-electron chi connectivity index (χ3n) is 1.61. The SMILES string of the molecule is C/C=C/C1CCC1. The Kier molecular flexibility index (Phi) is 1.50. The number of hydrogen-bond donors (Lipinski definition) is 0. The highest BCUT2D eigenvalue weighted by Gasteiger charge is 2.12. The zero-order chi connectivity index (χ0) is 5.11. The smallest absolute Gasteiger partial charge is 0.0234 e. The molecule has 0 aliphatic heterocycles. The lowest BCUT2D eigenvalue weighted by molar-refractivity contribution is 0.387. The molecule has 0 heterocycles. The summed E-state index contributed by atoms with van der Waals surface area (Å²) in [7, 11) is 0. The molecule has 0 atom stereocenters. The Morgan fingerprint density at radius 1 is 1.43 bits per heavy atom. The van der Waals surface area contributed by atoms with Gasteiger partial charge in [0.1, 0.15) is 0 Å². The molecule has 0 heteroatoms. The van der Waals surface area contributed by atoms with Crippen molar-refractivity contribution in [1.29, 1.82) is 0 Å². The molecule has 0 N–H and O–H groups in total. The number of rotatable bonds is 1. The molecule has 0 unspecified atom stereocenters. The van der Waals surface area contributed by atoms with Gasteiger partial charge in [0, 0.05) is 0 Å². The van der Waals surface area contributed by atoms with Crippen molar-refractivity contribution >= 4 is 0 Å². The lowest BCUT2D eigenvalue weighted by Crippen LogP contribution is -2.06. The summed E-state index contributed by atoms with van der Waals surface area (Å²) in [5.74, 6) is 0.949. The Morgan fingerprint density at radius 3 is 2.29 bits per heavy atom. The maximum absolute atomic E-state index is 2.31. The second kappa shape index (κ2) is 2.15. The molecule has 0 radical (unpaired) electrons. The van der Waals surface area contributed by atoms with E-state index in [1.165, 1.54) is 19.3 Å². The second-order valence-corrected chi connectivity index (χ2v) is 2.22. The van der Waals surface area contributed by atoms with Gasteiger partial charge in [-0.2, -0.15) is 0 Å². The van der Waals surface area contributed by atoms with Crippen LogP contribution in [0.25, 0.3) is 0 Å². The minimum absolute atomic E-state index is 0.949. The number of allylic oxidation sites excluding steroid dienone is 2. The predicted octanol–water partition coefficient (Wildman–Crippen LogP) is 2.36. The van der Waals surface area contributed by atoms with Crippen molar-refractivity contribution in [3.05, 3.63) is 12.2 Å². The van der Waals surface area contributed by atoms with Gasteiger partial charge in [0.2, 0.25) is 0 Å². The van der Waals surface area contributed by atoms with E-state index in [1.807, 2.05) is 0 Å². The Bertz CT molecular complexity index is 68.1. The molecule has 0 saturated heterocycles. The summed E-state index contributed by atoms with van der Waals surface area (Å²) in [4.78, 5) is 0. The Labute approximate surface area is 45.2 Å². The van der Waals surface area contributed by atoms with Gasteiger partial charge in [-0.05, 0) is 25.7 Å². The molecule has 0 aromatic carbocycles. The normalized spacial score (nSPS) is 23.0. The summed E-state index contributed by atoms with van der Waals surface area (Å²) in [6.07, 6.45) is 8.79. The van der Waals surface area contributed by atoms with E-state index < -0.39 is 0 Å². The second-order valence-electron chi connectivity index (χ2n) is 2.22. The van der Waals surface area contributed by atoms with Gasteiger partial charge >= 0.3 is 0 Å². The van der Waals surface area contributed by atoms with Gasteiger partial charge in [0.25, 0.3) is 0 Å². The summed E-state index contributed by atoms with van der Waals surface area (Å²) < 4.78 is 0. The van der Waals surface area contributed by atoms with Crippen molar-refractivity contribution in [3.63, 3.8) is 0 Å². The molecule has 0 spiro atoms. The zero-order valence-electron chi connectivity index (χ0n) is 4.85. The standard InChI is InChI=1S/C7H12/c1-2-4-7-5-3-6-7/h2,4,7H,3,5-6H2,1H3/b4-2+. The van der Waals surface area contributed by atoms with Crippen LogP contribution in [0.4, 0.5) is 0 Å². The molecule has 1 saturated carbocycles. The van der Waals surface area contributed by atoms with Crippen LogP contribution < -0.4 is 0 Å². The van der Waals surface area contributed by atoms with Crippen LogP contribution in [-0.4, -0.2) is 0 Å². The highest BCUT2D eigenvalue weighted by Crippen LogP contribution is 2.26.